The van der Waals surface area contributed by atoms with E-state index in [2.05, 4.69) is 5.32 Å². The first-order valence-electron chi connectivity index (χ1n) is 4.39. The zero-order chi connectivity index (χ0) is 9.52. The molecule has 0 aliphatic rings. The molecule has 1 rings (SSSR count). The summed E-state index contributed by atoms with van der Waals surface area (Å²) in [6.45, 7) is 1.61. The van der Waals surface area contributed by atoms with Crippen molar-refractivity contribution in [3.63, 3.8) is 0 Å². The summed E-state index contributed by atoms with van der Waals surface area (Å²) in [6.07, 6.45) is 0.964. The highest BCUT2D eigenvalue weighted by Crippen LogP contribution is 2.17. The number of ether oxygens (including phenoxy) is 1. The van der Waals surface area contributed by atoms with Crippen LogP contribution >= 0.6 is 0 Å². The summed E-state index contributed by atoms with van der Waals surface area (Å²) in [6, 6.07) is 6.83. The second-order valence-electron chi connectivity index (χ2n) is 2.80. The second kappa shape index (κ2) is 5.43. The Labute approximate surface area is 78.3 Å². The molecule has 1 aromatic carbocycles. The zero-order valence-corrected chi connectivity index (χ0v) is 7.79. The lowest BCUT2D eigenvalue weighted by Crippen LogP contribution is -2.11. The standard InChI is InChI=1S/C10H15NO2/c1-11-6-3-7-13-10-5-2-4-9(12)8-10/h2,4-5,8,11-12H,3,6-7H2,1H3. The Bertz CT molecular complexity index is 250. The van der Waals surface area contributed by atoms with Gasteiger partial charge in [-0.15, -0.1) is 0 Å². The molecule has 0 unspecified atom stereocenters. The minimum absolute atomic E-state index is 0.242. The van der Waals surface area contributed by atoms with Gasteiger partial charge in [0.05, 0.1) is 6.61 Å². The highest BCUT2D eigenvalue weighted by molar-refractivity contribution is 5.31. The first-order valence-corrected chi connectivity index (χ1v) is 4.39. The Kier molecular flexibility index (Phi) is 4.12. The Morgan fingerprint density at radius 2 is 2.31 bits per heavy atom. The van der Waals surface area contributed by atoms with Crippen molar-refractivity contribution in [1.29, 1.82) is 0 Å². The molecular weight excluding hydrogens is 166 g/mol. The van der Waals surface area contributed by atoms with Gasteiger partial charge in [0, 0.05) is 6.07 Å². The van der Waals surface area contributed by atoms with Gasteiger partial charge in [0.2, 0.25) is 0 Å². The Morgan fingerprint density at radius 1 is 1.46 bits per heavy atom. The Hall–Kier alpha value is -1.22. The quantitative estimate of drug-likeness (QED) is 0.674. The smallest absolute Gasteiger partial charge is 0.122 e. The summed E-state index contributed by atoms with van der Waals surface area (Å²) in [4.78, 5) is 0. The van der Waals surface area contributed by atoms with Crippen molar-refractivity contribution in [3.05, 3.63) is 24.3 Å². The third-order valence-corrected chi connectivity index (χ3v) is 1.66. The topological polar surface area (TPSA) is 41.5 Å². The van der Waals surface area contributed by atoms with Crippen LogP contribution in [0.5, 0.6) is 11.5 Å². The third kappa shape index (κ3) is 3.80. The molecule has 0 amide bonds. The SMILES string of the molecule is CNCCCOc1cccc(O)c1. The Balaban J connectivity index is 2.28. The highest BCUT2D eigenvalue weighted by atomic mass is 16.5. The van der Waals surface area contributed by atoms with Gasteiger partial charge in [-0.05, 0) is 32.1 Å². The van der Waals surface area contributed by atoms with E-state index < -0.39 is 0 Å². The molecule has 13 heavy (non-hydrogen) atoms. The molecule has 0 aliphatic heterocycles. The third-order valence-electron chi connectivity index (χ3n) is 1.66. The Morgan fingerprint density at radius 3 is 3.00 bits per heavy atom. The molecule has 0 heterocycles. The van der Waals surface area contributed by atoms with Crippen molar-refractivity contribution in [2.45, 2.75) is 6.42 Å². The summed E-state index contributed by atoms with van der Waals surface area (Å²) < 4.78 is 5.39. The second-order valence-corrected chi connectivity index (χ2v) is 2.80. The van der Waals surface area contributed by atoms with Crippen LogP contribution in [0.15, 0.2) is 24.3 Å². The van der Waals surface area contributed by atoms with Crippen LogP contribution in [0.4, 0.5) is 0 Å². The fraction of sp³-hybridized carbons (Fsp3) is 0.400. The predicted octanol–water partition coefficient (Wildman–Crippen LogP) is 1.38. The van der Waals surface area contributed by atoms with Crippen LogP contribution in [-0.2, 0) is 0 Å². The van der Waals surface area contributed by atoms with Crippen LogP contribution in [0.1, 0.15) is 6.42 Å². The lowest BCUT2D eigenvalue weighted by molar-refractivity contribution is 0.308. The molecule has 0 radical (unpaired) electrons. The van der Waals surface area contributed by atoms with E-state index in [9.17, 15) is 0 Å². The number of aromatic hydroxyl groups is 1. The van der Waals surface area contributed by atoms with Gasteiger partial charge in [0.1, 0.15) is 11.5 Å². The van der Waals surface area contributed by atoms with Gasteiger partial charge in [0.15, 0.2) is 0 Å². The molecule has 0 saturated carbocycles. The summed E-state index contributed by atoms with van der Waals surface area (Å²) in [7, 11) is 1.91. The number of phenolic OH excluding ortho intramolecular Hbond substituents is 1. The predicted molar refractivity (Wildman–Crippen MR) is 52.1 cm³/mol. The summed E-state index contributed by atoms with van der Waals surface area (Å²) in [5, 5.41) is 12.2. The van der Waals surface area contributed by atoms with Crippen LogP contribution in [0.2, 0.25) is 0 Å². The van der Waals surface area contributed by atoms with Crippen LogP contribution in [0, 0.1) is 0 Å². The van der Waals surface area contributed by atoms with Crippen LogP contribution in [0.25, 0.3) is 0 Å². The fourth-order valence-electron chi connectivity index (χ4n) is 1.01. The van der Waals surface area contributed by atoms with Crippen molar-refractivity contribution in [2.75, 3.05) is 20.2 Å². The van der Waals surface area contributed by atoms with E-state index in [1.54, 1.807) is 18.2 Å². The molecule has 2 N–H and O–H groups in total. The van der Waals surface area contributed by atoms with Crippen LogP contribution in [0.3, 0.4) is 0 Å². The van der Waals surface area contributed by atoms with Crippen molar-refractivity contribution in [3.8, 4) is 11.5 Å². The number of phenols is 1. The normalized spacial score (nSPS) is 9.92. The average molecular weight is 181 g/mol. The molecule has 0 bridgehead atoms. The maximum Gasteiger partial charge on any atom is 0.122 e. The van der Waals surface area contributed by atoms with Gasteiger partial charge >= 0.3 is 0 Å². The van der Waals surface area contributed by atoms with Crippen LogP contribution < -0.4 is 10.1 Å². The van der Waals surface area contributed by atoms with Gasteiger partial charge < -0.3 is 15.2 Å². The van der Waals surface area contributed by atoms with E-state index in [1.807, 2.05) is 13.1 Å². The zero-order valence-electron chi connectivity index (χ0n) is 7.79. The summed E-state index contributed by atoms with van der Waals surface area (Å²) in [5.74, 6) is 0.960. The lowest BCUT2D eigenvalue weighted by Gasteiger charge is -2.05. The van der Waals surface area contributed by atoms with Gasteiger partial charge in [-0.1, -0.05) is 6.07 Å². The van der Waals surface area contributed by atoms with E-state index in [0.717, 1.165) is 18.7 Å². The molecule has 3 nitrogen and oxygen atoms in total. The number of benzene rings is 1. The van der Waals surface area contributed by atoms with Gasteiger partial charge in [-0.3, -0.25) is 0 Å². The molecule has 3 heteroatoms. The molecule has 0 atom stereocenters. The summed E-state index contributed by atoms with van der Waals surface area (Å²) >= 11 is 0. The molecule has 1 aromatic rings. The fourth-order valence-corrected chi connectivity index (χ4v) is 1.01. The molecule has 0 aromatic heterocycles. The van der Waals surface area contributed by atoms with Gasteiger partial charge in [0.25, 0.3) is 0 Å². The first-order chi connectivity index (χ1) is 6.33. The van der Waals surface area contributed by atoms with Crippen molar-refractivity contribution >= 4 is 0 Å². The van der Waals surface area contributed by atoms with Crippen molar-refractivity contribution in [2.24, 2.45) is 0 Å². The number of nitrogens with one attached hydrogen (secondary N) is 1. The van der Waals surface area contributed by atoms with Crippen molar-refractivity contribution < 1.29 is 9.84 Å². The number of hydrogen-bond donors (Lipinski definition) is 2. The summed E-state index contributed by atoms with van der Waals surface area (Å²) in [5.41, 5.74) is 0. The monoisotopic (exact) mass is 181 g/mol. The van der Waals surface area contributed by atoms with Crippen LogP contribution in [-0.4, -0.2) is 25.3 Å². The lowest BCUT2D eigenvalue weighted by atomic mass is 10.3. The average Bonchev–Trinajstić information content (AvgIpc) is 2.13. The van der Waals surface area contributed by atoms with Gasteiger partial charge in [-0.25, -0.2) is 0 Å². The molecular formula is C10H15NO2. The molecule has 0 saturated heterocycles. The van der Waals surface area contributed by atoms with E-state index >= 15 is 0 Å². The first kappa shape index (κ1) is 9.86. The van der Waals surface area contributed by atoms with E-state index in [-0.39, 0.29) is 5.75 Å². The number of hydrogen-bond acceptors (Lipinski definition) is 3. The minimum atomic E-state index is 0.242. The van der Waals surface area contributed by atoms with E-state index in [0.29, 0.717) is 6.61 Å². The maximum atomic E-state index is 9.12. The highest BCUT2D eigenvalue weighted by Gasteiger charge is 1.93. The number of rotatable bonds is 5. The molecule has 72 valence electrons. The molecule has 0 aliphatic carbocycles. The maximum absolute atomic E-state index is 9.12. The van der Waals surface area contributed by atoms with E-state index in [4.69, 9.17) is 9.84 Å². The molecule has 0 fully saturated rings. The van der Waals surface area contributed by atoms with Crippen molar-refractivity contribution in [1.82, 2.24) is 5.32 Å². The largest absolute Gasteiger partial charge is 0.508 e. The molecule has 0 spiro atoms. The van der Waals surface area contributed by atoms with E-state index in [1.165, 1.54) is 0 Å². The minimum Gasteiger partial charge on any atom is -0.508 e. The van der Waals surface area contributed by atoms with Gasteiger partial charge in [-0.2, -0.15) is 0 Å².